The summed E-state index contributed by atoms with van der Waals surface area (Å²) in [4.78, 5) is 12.1. The smallest absolute Gasteiger partial charge is 0.214 e. The van der Waals surface area contributed by atoms with E-state index in [2.05, 4.69) is 51.1 Å². The standard InChI is InChI=1S/C23H37N7O/c1-4-17-15-19(23(25)26-8-5-22(24)27-23)21(31-3)16-20(17)30-9-6-18(7-10-30)29-13-11-28(2)12-14-29/h5,8,15-16,18,26H,4,6-7,9-14,25H2,1-3H3,(H2,24,27). The lowest BCUT2D eigenvalue weighted by molar-refractivity contribution is 0.0982. The highest BCUT2D eigenvalue weighted by Gasteiger charge is 2.33. The Morgan fingerprint density at radius 2 is 1.87 bits per heavy atom. The van der Waals surface area contributed by atoms with Crippen LogP contribution in [0.4, 0.5) is 5.69 Å². The highest BCUT2D eigenvalue weighted by Crippen LogP contribution is 2.37. The molecule has 3 aliphatic heterocycles. The van der Waals surface area contributed by atoms with Crippen LogP contribution in [0.5, 0.6) is 5.75 Å². The number of nitrogens with two attached hydrogens (primary N) is 2. The first kappa shape index (κ1) is 21.9. The van der Waals surface area contributed by atoms with Crippen molar-refractivity contribution in [3.63, 3.8) is 0 Å². The van der Waals surface area contributed by atoms with E-state index in [-0.39, 0.29) is 0 Å². The number of nitrogens with one attached hydrogen (secondary N) is 1. The summed E-state index contributed by atoms with van der Waals surface area (Å²) in [6.07, 6.45) is 6.76. The normalized spacial score (nSPS) is 25.9. The summed E-state index contributed by atoms with van der Waals surface area (Å²) in [5.74, 6) is 0.00719. The molecule has 4 rings (SSSR count). The Morgan fingerprint density at radius 1 is 1.16 bits per heavy atom. The zero-order valence-electron chi connectivity index (χ0n) is 19.1. The summed E-state index contributed by atoms with van der Waals surface area (Å²) in [6.45, 7) is 9.03. The summed E-state index contributed by atoms with van der Waals surface area (Å²) < 4.78 is 5.76. The van der Waals surface area contributed by atoms with Gasteiger partial charge in [-0.3, -0.25) is 10.6 Å². The number of amidine groups is 1. The van der Waals surface area contributed by atoms with Crippen molar-refractivity contribution in [3.05, 3.63) is 35.5 Å². The van der Waals surface area contributed by atoms with Crippen LogP contribution in [0.2, 0.25) is 0 Å². The van der Waals surface area contributed by atoms with Gasteiger partial charge < -0.3 is 25.6 Å². The second-order valence-electron chi connectivity index (χ2n) is 8.87. The molecule has 2 fully saturated rings. The fourth-order valence-corrected chi connectivity index (χ4v) is 4.98. The van der Waals surface area contributed by atoms with Gasteiger partial charge in [0, 0.05) is 63.3 Å². The maximum atomic E-state index is 6.58. The SMILES string of the molecule is CCc1cc(C2(N)N=C(N)C=CN2)c(OC)cc1N1CCC(N2CCN(C)CC2)CC1. The number of piperidine rings is 1. The number of ether oxygens (including phenoxy) is 1. The summed E-state index contributed by atoms with van der Waals surface area (Å²) in [5.41, 5.74) is 15.8. The molecule has 2 saturated heterocycles. The third-order valence-electron chi connectivity index (χ3n) is 6.91. The zero-order chi connectivity index (χ0) is 22.0. The molecule has 0 saturated carbocycles. The third kappa shape index (κ3) is 4.51. The lowest BCUT2D eigenvalue weighted by Gasteiger charge is -2.43. The topological polar surface area (TPSA) is 95.4 Å². The van der Waals surface area contributed by atoms with E-state index in [1.54, 1.807) is 19.4 Å². The van der Waals surface area contributed by atoms with Gasteiger partial charge in [-0.15, -0.1) is 0 Å². The van der Waals surface area contributed by atoms with Crippen LogP contribution in [0.15, 0.2) is 29.4 Å². The lowest BCUT2D eigenvalue weighted by Crippen LogP contribution is -2.52. The second kappa shape index (κ2) is 9.06. The van der Waals surface area contributed by atoms with Gasteiger partial charge in [0.15, 0.2) is 0 Å². The number of rotatable bonds is 5. The monoisotopic (exact) mass is 427 g/mol. The molecular weight excluding hydrogens is 390 g/mol. The van der Waals surface area contributed by atoms with Gasteiger partial charge in [-0.1, -0.05) is 6.92 Å². The van der Waals surface area contributed by atoms with Crippen molar-refractivity contribution >= 4 is 11.5 Å². The molecule has 8 heteroatoms. The second-order valence-corrected chi connectivity index (χ2v) is 8.87. The first-order valence-corrected chi connectivity index (χ1v) is 11.4. The Morgan fingerprint density at radius 3 is 2.48 bits per heavy atom. The number of likely N-dealkylation sites (N-methyl/N-ethyl adjacent to an activating group) is 1. The van der Waals surface area contributed by atoms with Gasteiger partial charge in [-0.2, -0.15) is 0 Å². The molecule has 0 bridgehead atoms. The van der Waals surface area contributed by atoms with Crippen molar-refractivity contribution in [2.24, 2.45) is 16.5 Å². The Kier molecular flexibility index (Phi) is 6.41. The van der Waals surface area contributed by atoms with Gasteiger partial charge in [-0.25, -0.2) is 4.99 Å². The Bertz CT molecular complexity index is 839. The van der Waals surface area contributed by atoms with E-state index in [0.717, 1.165) is 30.8 Å². The van der Waals surface area contributed by atoms with E-state index in [1.807, 2.05) is 0 Å². The number of anilines is 1. The lowest BCUT2D eigenvalue weighted by atomic mass is 9.96. The molecule has 5 N–H and O–H groups in total. The maximum Gasteiger partial charge on any atom is 0.214 e. The number of hydrogen-bond acceptors (Lipinski definition) is 8. The van der Waals surface area contributed by atoms with Crippen LogP contribution in [0, 0.1) is 0 Å². The number of aryl methyl sites for hydroxylation is 1. The molecule has 1 atom stereocenters. The van der Waals surface area contributed by atoms with E-state index >= 15 is 0 Å². The molecule has 0 aromatic heterocycles. The minimum absolute atomic E-state index is 0.399. The van der Waals surface area contributed by atoms with Crippen LogP contribution < -0.4 is 26.4 Å². The fraction of sp³-hybridized carbons (Fsp3) is 0.609. The first-order chi connectivity index (χ1) is 14.9. The summed E-state index contributed by atoms with van der Waals surface area (Å²) in [5, 5.41) is 3.14. The summed E-state index contributed by atoms with van der Waals surface area (Å²) in [7, 11) is 3.90. The van der Waals surface area contributed by atoms with Crippen LogP contribution in [0.1, 0.15) is 30.9 Å². The first-order valence-electron chi connectivity index (χ1n) is 11.4. The zero-order valence-corrected chi connectivity index (χ0v) is 19.1. The predicted molar refractivity (Wildman–Crippen MR) is 126 cm³/mol. The van der Waals surface area contributed by atoms with Gasteiger partial charge in [0.05, 0.1) is 12.7 Å². The van der Waals surface area contributed by atoms with E-state index in [4.69, 9.17) is 16.2 Å². The maximum absolute atomic E-state index is 6.58. The molecular formula is C23H37N7O. The van der Waals surface area contributed by atoms with Crippen molar-refractivity contribution < 1.29 is 4.74 Å². The van der Waals surface area contributed by atoms with Crippen LogP contribution in [-0.4, -0.2) is 75.1 Å². The molecule has 3 aliphatic rings. The van der Waals surface area contributed by atoms with Crippen LogP contribution >= 0.6 is 0 Å². The molecule has 170 valence electrons. The number of hydrogen-bond donors (Lipinski definition) is 3. The number of methoxy groups -OCH3 is 1. The molecule has 1 aromatic carbocycles. The van der Waals surface area contributed by atoms with Crippen molar-refractivity contribution in [1.29, 1.82) is 0 Å². The van der Waals surface area contributed by atoms with Gasteiger partial charge in [0.1, 0.15) is 11.6 Å². The highest BCUT2D eigenvalue weighted by molar-refractivity contribution is 5.92. The van der Waals surface area contributed by atoms with Gasteiger partial charge >= 0.3 is 0 Å². The largest absolute Gasteiger partial charge is 0.496 e. The Labute approximate surface area is 185 Å². The summed E-state index contributed by atoms with van der Waals surface area (Å²) in [6, 6.07) is 4.95. The van der Waals surface area contributed by atoms with Gasteiger partial charge in [0.25, 0.3) is 0 Å². The number of nitrogens with zero attached hydrogens (tertiary/aromatic N) is 4. The number of benzene rings is 1. The predicted octanol–water partition coefficient (Wildman–Crippen LogP) is 1.02. The Balaban J connectivity index is 1.53. The fourth-order valence-electron chi connectivity index (χ4n) is 4.98. The minimum atomic E-state index is -1.12. The molecule has 0 radical (unpaired) electrons. The van der Waals surface area contributed by atoms with Crippen molar-refractivity contribution in [2.45, 2.75) is 38.0 Å². The third-order valence-corrected chi connectivity index (χ3v) is 6.91. The highest BCUT2D eigenvalue weighted by atomic mass is 16.5. The molecule has 1 unspecified atom stereocenters. The average molecular weight is 428 g/mol. The molecule has 0 spiro atoms. The van der Waals surface area contributed by atoms with Gasteiger partial charge in [-0.05, 0) is 44.0 Å². The molecule has 31 heavy (non-hydrogen) atoms. The quantitative estimate of drug-likeness (QED) is 0.646. The van der Waals surface area contributed by atoms with Crippen molar-refractivity contribution in [3.8, 4) is 5.75 Å². The van der Waals surface area contributed by atoms with Crippen LogP contribution in [0.3, 0.4) is 0 Å². The number of piperazine rings is 1. The Hall–Kier alpha value is -2.29. The van der Waals surface area contributed by atoms with E-state index < -0.39 is 5.79 Å². The van der Waals surface area contributed by atoms with Crippen molar-refractivity contribution in [1.82, 2.24) is 15.1 Å². The molecule has 1 aromatic rings. The summed E-state index contributed by atoms with van der Waals surface area (Å²) >= 11 is 0. The van der Waals surface area contributed by atoms with Crippen LogP contribution in [-0.2, 0) is 12.2 Å². The van der Waals surface area contributed by atoms with E-state index in [0.29, 0.717) is 11.9 Å². The molecule has 3 heterocycles. The van der Waals surface area contributed by atoms with Crippen LogP contribution in [0.25, 0.3) is 0 Å². The minimum Gasteiger partial charge on any atom is -0.496 e. The van der Waals surface area contributed by atoms with E-state index in [9.17, 15) is 0 Å². The van der Waals surface area contributed by atoms with Crippen molar-refractivity contribution in [2.75, 3.05) is 58.3 Å². The van der Waals surface area contributed by atoms with Gasteiger partial charge in [0.2, 0.25) is 5.79 Å². The molecule has 8 nitrogen and oxygen atoms in total. The molecule has 0 aliphatic carbocycles. The molecule has 0 amide bonds. The number of aliphatic imine (C=N–C) groups is 1. The average Bonchev–Trinajstić information content (AvgIpc) is 2.78. The van der Waals surface area contributed by atoms with E-state index in [1.165, 1.54) is 50.3 Å².